The second kappa shape index (κ2) is 11.8. The SMILES string of the molecule is Cc1cncc(-c2cc(-c3cncc(C)n3)nc(-n3c4ccccc4c4c(-c5ccc6c7ccccc7n(-c7ccccc7)c6c5)cccc43)n2)n1. The lowest BCUT2D eigenvalue weighted by Crippen LogP contribution is -2.05. The zero-order valence-corrected chi connectivity index (χ0v) is 28.4. The Bertz CT molecular complexity index is 2930. The summed E-state index contributed by atoms with van der Waals surface area (Å²) < 4.78 is 4.51. The highest BCUT2D eigenvalue weighted by atomic mass is 15.2. The third kappa shape index (κ3) is 4.76. The molecular formula is C44H30N8. The van der Waals surface area contributed by atoms with E-state index in [-0.39, 0.29) is 0 Å². The number of hydrogen-bond acceptors (Lipinski definition) is 6. The fraction of sp³-hybridized carbons (Fsp3) is 0.0455. The third-order valence-electron chi connectivity index (χ3n) is 9.65. The molecule has 0 N–H and O–H groups in total. The van der Waals surface area contributed by atoms with Crippen LogP contribution in [0.2, 0.25) is 0 Å². The van der Waals surface area contributed by atoms with Crippen molar-refractivity contribution < 1.29 is 0 Å². The molecule has 0 unspecified atom stereocenters. The molecule has 10 rings (SSSR count). The maximum Gasteiger partial charge on any atom is 0.235 e. The summed E-state index contributed by atoms with van der Waals surface area (Å²) in [5, 5.41) is 4.68. The van der Waals surface area contributed by atoms with Crippen LogP contribution >= 0.6 is 0 Å². The normalized spacial score (nSPS) is 11.7. The van der Waals surface area contributed by atoms with Gasteiger partial charge in [-0.2, -0.15) is 0 Å². The topological polar surface area (TPSA) is 87.2 Å². The van der Waals surface area contributed by atoms with Crippen molar-refractivity contribution in [2.75, 3.05) is 0 Å². The molecule has 0 aliphatic rings. The fourth-order valence-corrected chi connectivity index (χ4v) is 7.44. The highest BCUT2D eigenvalue weighted by Crippen LogP contribution is 2.41. The zero-order chi connectivity index (χ0) is 34.8. The number of rotatable bonds is 5. The first kappa shape index (κ1) is 29.8. The Morgan fingerprint density at radius 1 is 0.423 bits per heavy atom. The van der Waals surface area contributed by atoms with E-state index in [9.17, 15) is 0 Å². The summed E-state index contributed by atoms with van der Waals surface area (Å²) in [6, 6.07) is 42.9. The van der Waals surface area contributed by atoms with Crippen LogP contribution in [0, 0.1) is 13.8 Å². The van der Waals surface area contributed by atoms with E-state index in [2.05, 4.69) is 134 Å². The molecule has 5 aromatic carbocycles. The number of para-hydroxylation sites is 3. The Labute approximate surface area is 298 Å². The molecule has 52 heavy (non-hydrogen) atoms. The average molecular weight is 671 g/mol. The predicted octanol–water partition coefficient (Wildman–Crippen LogP) is 9.87. The van der Waals surface area contributed by atoms with Crippen molar-refractivity contribution in [2.24, 2.45) is 0 Å². The van der Waals surface area contributed by atoms with E-state index < -0.39 is 0 Å². The summed E-state index contributed by atoms with van der Waals surface area (Å²) in [6.45, 7) is 3.85. The lowest BCUT2D eigenvalue weighted by Gasteiger charge is -2.12. The highest BCUT2D eigenvalue weighted by molar-refractivity contribution is 6.17. The first-order valence-electron chi connectivity index (χ1n) is 17.2. The lowest BCUT2D eigenvalue weighted by atomic mass is 9.98. The van der Waals surface area contributed by atoms with Gasteiger partial charge in [0.05, 0.1) is 57.2 Å². The van der Waals surface area contributed by atoms with E-state index in [0.29, 0.717) is 28.7 Å². The molecule has 0 fully saturated rings. The van der Waals surface area contributed by atoms with Gasteiger partial charge >= 0.3 is 0 Å². The van der Waals surface area contributed by atoms with Gasteiger partial charge in [-0.05, 0) is 67.4 Å². The highest BCUT2D eigenvalue weighted by Gasteiger charge is 2.21. The summed E-state index contributed by atoms with van der Waals surface area (Å²) in [6.07, 6.45) is 6.95. The van der Waals surface area contributed by atoms with Crippen LogP contribution < -0.4 is 0 Å². The van der Waals surface area contributed by atoms with Crippen LogP contribution in [0.4, 0.5) is 0 Å². The smallest absolute Gasteiger partial charge is 0.235 e. The van der Waals surface area contributed by atoms with Gasteiger partial charge in [0, 0.05) is 39.6 Å². The number of aromatic nitrogens is 8. The van der Waals surface area contributed by atoms with E-state index in [0.717, 1.165) is 55.5 Å². The van der Waals surface area contributed by atoms with Gasteiger partial charge in [0.25, 0.3) is 0 Å². The van der Waals surface area contributed by atoms with Crippen molar-refractivity contribution in [1.82, 2.24) is 39.0 Å². The van der Waals surface area contributed by atoms with Crippen LogP contribution in [0.5, 0.6) is 0 Å². The van der Waals surface area contributed by atoms with Crippen molar-refractivity contribution in [3.63, 3.8) is 0 Å². The zero-order valence-electron chi connectivity index (χ0n) is 28.4. The predicted molar refractivity (Wildman–Crippen MR) is 208 cm³/mol. The molecule has 8 heteroatoms. The van der Waals surface area contributed by atoms with Gasteiger partial charge < -0.3 is 4.57 Å². The Kier molecular flexibility index (Phi) is 6.75. The van der Waals surface area contributed by atoms with E-state index in [4.69, 9.17) is 19.9 Å². The molecule has 0 bridgehead atoms. The van der Waals surface area contributed by atoms with Crippen molar-refractivity contribution in [2.45, 2.75) is 13.8 Å². The maximum absolute atomic E-state index is 5.15. The van der Waals surface area contributed by atoms with Crippen LogP contribution in [-0.4, -0.2) is 39.0 Å². The molecule has 0 amide bonds. The van der Waals surface area contributed by atoms with Crippen LogP contribution in [0.15, 0.2) is 146 Å². The molecule has 5 heterocycles. The van der Waals surface area contributed by atoms with Crippen LogP contribution in [0.1, 0.15) is 11.4 Å². The van der Waals surface area contributed by atoms with Gasteiger partial charge in [-0.1, -0.05) is 78.9 Å². The first-order chi connectivity index (χ1) is 25.6. The lowest BCUT2D eigenvalue weighted by molar-refractivity contribution is 0.980. The van der Waals surface area contributed by atoms with Gasteiger partial charge in [0.15, 0.2) is 0 Å². The van der Waals surface area contributed by atoms with Crippen LogP contribution in [0.25, 0.3) is 89.2 Å². The number of nitrogens with zero attached hydrogens (tertiary/aromatic N) is 8. The quantitative estimate of drug-likeness (QED) is 0.181. The molecule has 0 spiro atoms. The molecular weight excluding hydrogens is 641 g/mol. The Hall–Kier alpha value is -7.06. The van der Waals surface area contributed by atoms with Crippen molar-refractivity contribution in [3.05, 3.63) is 158 Å². The standard InChI is InChI=1S/C44H30N8/c1-27-23-45-25-37(47-27)35-22-36(38-26-46-24-28(2)48-38)50-44(49-35)52-40-17-9-7-14-34(40)43-31(15-10-18-41(43)52)29-19-20-33-32-13-6-8-16-39(32)51(42(33)21-29)30-11-4-3-5-12-30/h3-26H,1-2H3. The number of hydrogen-bond donors (Lipinski definition) is 0. The summed E-state index contributed by atoms with van der Waals surface area (Å²) in [4.78, 5) is 28.7. The molecule has 246 valence electrons. The Morgan fingerprint density at radius 2 is 1.02 bits per heavy atom. The van der Waals surface area contributed by atoms with Crippen molar-refractivity contribution >= 4 is 43.6 Å². The summed E-state index contributed by atoms with van der Waals surface area (Å²) in [5.41, 5.74) is 12.0. The van der Waals surface area contributed by atoms with E-state index >= 15 is 0 Å². The molecule has 0 atom stereocenters. The average Bonchev–Trinajstić information content (AvgIpc) is 3.71. The molecule has 0 saturated carbocycles. The number of aryl methyl sites for hydroxylation is 2. The molecule has 5 aromatic heterocycles. The molecule has 0 aliphatic carbocycles. The largest absolute Gasteiger partial charge is 0.309 e. The van der Waals surface area contributed by atoms with Gasteiger partial charge in [-0.25, -0.2) is 19.9 Å². The monoisotopic (exact) mass is 670 g/mol. The molecule has 8 nitrogen and oxygen atoms in total. The molecule has 0 radical (unpaired) electrons. The fourth-order valence-electron chi connectivity index (χ4n) is 7.44. The van der Waals surface area contributed by atoms with Gasteiger partial charge in [0.2, 0.25) is 5.95 Å². The third-order valence-corrected chi connectivity index (χ3v) is 9.65. The van der Waals surface area contributed by atoms with E-state index in [1.807, 2.05) is 19.9 Å². The van der Waals surface area contributed by atoms with Crippen molar-refractivity contribution in [1.29, 1.82) is 0 Å². The van der Waals surface area contributed by atoms with Gasteiger partial charge in [0.1, 0.15) is 11.4 Å². The minimum atomic E-state index is 0.516. The van der Waals surface area contributed by atoms with Gasteiger partial charge in [-0.15, -0.1) is 0 Å². The summed E-state index contributed by atoms with van der Waals surface area (Å²) in [5.74, 6) is 0.516. The van der Waals surface area contributed by atoms with Crippen molar-refractivity contribution in [3.8, 4) is 45.5 Å². The molecule has 10 aromatic rings. The Balaban J connectivity index is 1.24. The minimum absolute atomic E-state index is 0.516. The minimum Gasteiger partial charge on any atom is -0.309 e. The maximum atomic E-state index is 5.15. The number of benzene rings is 5. The summed E-state index contributed by atoms with van der Waals surface area (Å²) >= 11 is 0. The Morgan fingerprint density at radius 3 is 1.71 bits per heavy atom. The molecule has 0 saturated heterocycles. The van der Waals surface area contributed by atoms with E-state index in [1.165, 1.54) is 16.3 Å². The first-order valence-corrected chi connectivity index (χ1v) is 17.2. The van der Waals surface area contributed by atoms with Crippen LogP contribution in [-0.2, 0) is 0 Å². The molecule has 0 aliphatic heterocycles. The van der Waals surface area contributed by atoms with Crippen LogP contribution in [0.3, 0.4) is 0 Å². The second-order valence-electron chi connectivity index (χ2n) is 13.0. The second-order valence-corrected chi connectivity index (χ2v) is 13.0. The van der Waals surface area contributed by atoms with Gasteiger partial charge in [-0.3, -0.25) is 14.5 Å². The van der Waals surface area contributed by atoms with E-state index in [1.54, 1.807) is 24.8 Å². The number of fused-ring (bicyclic) bond motifs is 6. The summed E-state index contributed by atoms with van der Waals surface area (Å²) in [7, 11) is 0.